The van der Waals surface area contributed by atoms with Gasteiger partial charge in [0.05, 0.1) is 5.56 Å². The van der Waals surface area contributed by atoms with Crippen LogP contribution in [-0.2, 0) is 9.53 Å². The monoisotopic (exact) mass is 222 g/mol. The molecule has 0 bridgehead atoms. The Hall–Kier alpha value is -2.04. The number of hydrogen-bond donors (Lipinski definition) is 2. The molecule has 0 aliphatic carbocycles. The third-order valence-corrected chi connectivity index (χ3v) is 2.11. The Bertz CT molecular complexity index is 429. The number of aryl methyl sites for hydroxylation is 1. The summed E-state index contributed by atoms with van der Waals surface area (Å²) < 4.78 is 4.84. The van der Waals surface area contributed by atoms with E-state index >= 15 is 0 Å². The van der Waals surface area contributed by atoms with Crippen LogP contribution >= 0.6 is 0 Å². The lowest BCUT2D eigenvalue weighted by Crippen LogP contribution is -2.30. The molecule has 0 fully saturated rings. The number of amides is 1. The summed E-state index contributed by atoms with van der Waals surface area (Å²) in [4.78, 5) is 22.4. The van der Waals surface area contributed by atoms with Crippen molar-refractivity contribution in [3.63, 3.8) is 0 Å². The maximum atomic E-state index is 11.6. The molecule has 1 unspecified atom stereocenters. The molecule has 5 nitrogen and oxygen atoms in total. The fourth-order valence-electron chi connectivity index (χ4n) is 1.13. The molecule has 5 heteroatoms. The highest BCUT2D eigenvalue weighted by Crippen LogP contribution is 2.15. The van der Waals surface area contributed by atoms with Gasteiger partial charge in [0, 0.05) is 5.69 Å². The summed E-state index contributed by atoms with van der Waals surface area (Å²) in [6, 6.07) is 5.00. The Balaban J connectivity index is 2.88. The number of benzene rings is 1. The number of primary amides is 1. The Kier molecular flexibility index (Phi) is 3.50. The summed E-state index contributed by atoms with van der Waals surface area (Å²) in [5, 5.41) is 0. The molecule has 4 N–H and O–H groups in total. The average molecular weight is 222 g/mol. The average Bonchev–Trinajstić information content (AvgIpc) is 2.21. The van der Waals surface area contributed by atoms with E-state index in [2.05, 4.69) is 0 Å². The molecule has 0 heterocycles. The van der Waals surface area contributed by atoms with E-state index in [1.54, 1.807) is 18.2 Å². The molecule has 0 aliphatic heterocycles. The summed E-state index contributed by atoms with van der Waals surface area (Å²) in [6.45, 7) is 3.24. The van der Waals surface area contributed by atoms with Crippen LogP contribution in [0.2, 0.25) is 0 Å². The van der Waals surface area contributed by atoms with Crippen molar-refractivity contribution in [1.82, 2.24) is 0 Å². The predicted molar refractivity (Wildman–Crippen MR) is 59.7 cm³/mol. The standard InChI is InChI=1S/C11H14N2O3/c1-6-3-4-9(12)8(5-6)11(15)16-7(2)10(13)14/h3-5,7H,12H2,1-2H3,(H2,13,14). The highest BCUT2D eigenvalue weighted by molar-refractivity contribution is 5.96. The molecule has 1 rings (SSSR count). The molecule has 0 spiro atoms. The second-order valence-corrected chi connectivity index (χ2v) is 3.54. The number of esters is 1. The van der Waals surface area contributed by atoms with Crippen molar-refractivity contribution in [2.24, 2.45) is 5.73 Å². The van der Waals surface area contributed by atoms with Crippen LogP contribution in [0.25, 0.3) is 0 Å². The van der Waals surface area contributed by atoms with Gasteiger partial charge in [-0.05, 0) is 26.0 Å². The lowest BCUT2D eigenvalue weighted by molar-refractivity contribution is -0.125. The van der Waals surface area contributed by atoms with Crippen LogP contribution in [-0.4, -0.2) is 18.0 Å². The number of anilines is 1. The van der Waals surface area contributed by atoms with Gasteiger partial charge in [0.15, 0.2) is 6.10 Å². The number of carbonyl (C=O) groups excluding carboxylic acids is 2. The summed E-state index contributed by atoms with van der Waals surface area (Å²) in [5.41, 5.74) is 12.0. The maximum absolute atomic E-state index is 11.6. The normalized spacial score (nSPS) is 11.9. The van der Waals surface area contributed by atoms with Crippen LogP contribution in [0.15, 0.2) is 18.2 Å². The Morgan fingerprint density at radius 3 is 2.56 bits per heavy atom. The van der Waals surface area contributed by atoms with Crippen molar-refractivity contribution < 1.29 is 14.3 Å². The summed E-state index contributed by atoms with van der Waals surface area (Å²) in [5.74, 6) is -1.34. The molecule has 16 heavy (non-hydrogen) atoms. The predicted octanol–water partition coefficient (Wildman–Crippen LogP) is 0.608. The van der Waals surface area contributed by atoms with Crippen molar-refractivity contribution in [1.29, 1.82) is 0 Å². The molecule has 0 aliphatic rings. The van der Waals surface area contributed by atoms with E-state index in [1.165, 1.54) is 6.92 Å². The molecule has 0 saturated heterocycles. The highest BCUT2D eigenvalue weighted by Gasteiger charge is 2.17. The van der Waals surface area contributed by atoms with Crippen LogP contribution in [0.3, 0.4) is 0 Å². The van der Waals surface area contributed by atoms with Crippen LogP contribution in [0.1, 0.15) is 22.8 Å². The van der Waals surface area contributed by atoms with Gasteiger partial charge >= 0.3 is 5.97 Å². The minimum Gasteiger partial charge on any atom is -0.449 e. The van der Waals surface area contributed by atoms with Crippen molar-refractivity contribution in [2.75, 3.05) is 5.73 Å². The quantitative estimate of drug-likeness (QED) is 0.578. The molecule has 1 atom stereocenters. The molecule has 0 aromatic heterocycles. The van der Waals surface area contributed by atoms with E-state index in [9.17, 15) is 9.59 Å². The zero-order valence-corrected chi connectivity index (χ0v) is 9.19. The van der Waals surface area contributed by atoms with Gasteiger partial charge in [0.1, 0.15) is 0 Å². The minimum absolute atomic E-state index is 0.244. The molecular weight excluding hydrogens is 208 g/mol. The first-order chi connectivity index (χ1) is 7.41. The van der Waals surface area contributed by atoms with Crippen LogP contribution in [0.4, 0.5) is 5.69 Å². The van der Waals surface area contributed by atoms with Gasteiger partial charge < -0.3 is 16.2 Å². The lowest BCUT2D eigenvalue weighted by atomic mass is 10.1. The summed E-state index contributed by atoms with van der Waals surface area (Å²) >= 11 is 0. The second kappa shape index (κ2) is 4.65. The zero-order chi connectivity index (χ0) is 12.3. The highest BCUT2D eigenvalue weighted by atomic mass is 16.5. The van der Waals surface area contributed by atoms with E-state index in [4.69, 9.17) is 16.2 Å². The third-order valence-electron chi connectivity index (χ3n) is 2.11. The number of carbonyl (C=O) groups is 2. The number of ether oxygens (including phenoxy) is 1. The van der Waals surface area contributed by atoms with Gasteiger partial charge in [-0.25, -0.2) is 4.79 Å². The van der Waals surface area contributed by atoms with Gasteiger partial charge in [-0.15, -0.1) is 0 Å². The van der Waals surface area contributed by atoms with Gasteiger partial charge in [0.2, 0.25) is 0 Å². The molecule has 1 aromatic rings. The fourth-order valence-corrected chi connectivity index (χ4v) is 1.13. The largest absolute Gasteiger partial charge is 0.449 e. The minimum atomic E-state index is -0.965. The topological polar surface area (TPSA) is 95.4 Å². The van der Waals surface area contributed by atoms with Crippen molar-refractivity contribution in [2.45, 2.75) is 20.0 Å². The van der Waals surface area contributed by atoms with Crippen molar-refractivity contribution in [3.05, 3.63) is 29.3 Å². The third kappa shape index (κ3) is 2.73. The Morgan fingerprint density at radius 2 is 2.00 bits per heavy atom. The van der Waals surface area contributed by atoms with E-state index in [0.717, 1.165) is 5.56 Å². The number of rotatable bonds is 3. The lowest BCUT2D eigenvalue weighted by Gasteiger charge is -2.11. The molecule has 0 radical (unpaired) electrons. The first-order valence-electron chi connectivity index (χ1n) is 4.78. The van der Waals surface area contributed by atoms with Gasteiger partial charge in [-0.1, -0.05) is 11.6 Å². The van der Waals surface area contributed by atoms with Crippen LogP contribution < -0.4 is 11.5 Å². The van der Waals surface area contributed by atoms with Gasteiger partial charge in [-0.2, -0.15) is 0 Å². The maximum Gasteiger partial charge on any atom is 0.341 e. The smallest absolute Gasteiger partial charge is 0.341 e. The summed E-state index contributed by atoms with van der Waals surface area (Å²) in [6.07, 6.45) is -0.965. The Labute approximate surface area is 93.4 Å². The van der Waals surface area contributed by atoms with Crippen molar-refractivity contribution in [3.8, 4) is 0 Å². The van der Waals surface area contributed by atoms with Crippen LogP contribution in [0, 0.1) is 6.92 Å². The number of nitrogens with two attached hydrogens (primary N) is 2. The van der Waals surface area contributed by atoms with Gasteiger partial charge in [0.25, 0.3) is 5.91 Å². The fraction of sp³-hybridized carbons (Fsp3) is 0.273. The zero-order valence-electron chi connectivity index (χ0n) is 9.19. The SMILES string of the molecule is Cc1ccc(N)c(C(=O)OC(C)C(N)=O)c1. The molecule has 1 amide bonds. The van der Waals surface area contributed by atoms with Gasteiger partial charge in [-0.3, -0.25) is 4.79 Å². The molecule has 86 valence electrons. The number of nitrogen functional groups attached to an aromatic ring is 1. The molecular formula is C11H14N2O3. The molecule has 1 aromatic carbocycles. The van der Waals surface area contributed by atoms with E-state index < -0.39 is 18.0 Å². The number of hydrogen-bond acceptors (Lipinski definition) is 4. The first kappa shape index (κ1) is 12.0. The van der Waals surface area contributed by atoms with E-state index in [-0.39, 0.29) is 5.56 Å². The second-order valence-electron chi connectivity index (χ2n) is 3.54. The van der Waals surface area contributed by atoms with E-state index in [0.29, 0.717) is 5.69 Å². The van der Waals surface area contributed by atoms with E-state index in [1.807, 2.05) is 6.92 Å². The van der Waals surface area contributed by atoms with Crippen molar-refractivity contribution >= 4 is 17.6 Å². The first-order valence-corrected chi connectivity index (χ1v) is 4.78. The van der Waals surface area contributed by atoms with Crippen LogP contribution in [0.5, 0.6) is 0 Å². The Morgan fingerprint density at radius 1 is 1.38 bits per heavy atom. The summed E-state index contributed by atoms with van der Waals surface area (Å²) in [7, 11) is 0. The molecule has 0 saturated carbocycles.